The third-order valence-electron chi connectivity index (χ3n) is 4.00. The van der Waals surface area contributed by atoms with Crippen LogP contribution in [0.15, 0.2) is 5.16 Å². The number of nitrogens with two attached hydrogens (primary N) is 1. The second kappa shape index (κ2) is 5.56. The first kappa shape index (κ1) is 13.1. The molecule has 1 aliphatic heterocycles. The van der Waals surface area contributed by atoms with Gasteiger partial charge in [-0.25, -0.2) is 0 Å². The van der Waals surface area contributed by atoms with E-state index in [-0.39, 0.29) is 17.7 Å². The van der Waals surface area contributed by atoms with Crippen LogP contribution in [0.3, 0.4) is 0 Å². The van der Waals surface area contributed by atoms with E-state index in [0.717, 1.165) is 19.3 Å². The van der Waals surface area contributed by atoms with Crippen LogP contribution in [0.25, 0.3) is 0 Å². The standard InChI is InChI=1S/C12H21N3O3/c1-8-3-2-4-9(8)12(16)15-5-6-18-10(7-15)11(13)14-17/h8-10,17H,2-7H2,1H3,(H2,13,14). The second-order valence-corrected chi connectivity index (χ2v) is 5.18. The van der Waals surface area contributed by atoms with Gasteiger partial charge in [-0.15, -0.1) is 0 Å². The fourth-order valence-electron chi connectivity index (χ4n) is 2.84. The molecule has 102 valence electrons. The molecule has 1 amide bonds. The number of ether oxygens (including phenoxy) is 1. The lowest BCUT2D eigenvalue weighted by Gasteiger charge is -2.34. The second-order valence-electron chi connectivity index (χ2n) is 5.18. The van der Waals surface area contributed by atoms with Gasteiger partial charge in [-0.1, -0.05) is 18.5 Å². The fourth-order valence-corrected chi connectivity index (χ4v) is 2.84. The Hall–Kier alpha value is -1.30. The summed E-state index contributed by atoms with van der Waals surface area (Å²) in [6, 6.07) is 0. The van der Waals surface area contributed by atoms with Crippen LogP contribution in [0.2, 0.25) is 0 Å². The van der Waals surface area contributed by atoms with Gasteiger partial charge in [-0.05, 0) is 18.8 Å². The van der Waals surface area contributed by atoms with Crippen LogP contribution in [0.4, 0.5) is 0 Å². The largest absolute Gasteiger partial charge is 0.409 e. The van der Waals surface area contributed by atoms with E-state index in [0.29, 0.717) is 25.6 Å². The highest BCUT2D eigenvalue weighted by molar-refractivity contribution is 5.86. The summed E-state index contributed by atoms with van der Waals surface area (Å²) in [6.07, 6.45) is 2.76. The zero-order valence-electron chi connectivity index (χ0n) is 10.7. The van der Waals surface area contributed by atoms with Crippen LogP contribution in [-0.4, -0.2) is 47.7 Å². The van der Waals surface area contributed by atoms with Crippen molar-refractivity contribution in [3.05, 3.63) is 0 Å². The predicted molar refractivity (Wildman–Crippen MR) is 66.2 cm³/mol. The maximum atomic E-state index is 12.4. The van der Waals surface area contributed by atoms with E-state index in [4.69, 9.17) is 15.7 Å². The Morgan fingerprint density at radius 1 is 1.50 bits per heavy atom. The molecule has 1 aliphatic carbocycles. The van der Waals surface area contributed by atoms with Gasteiger partial charge >= 0.3 is 0 Å². The van der Waals surface area contributed by atoms with Crippen molar-refractivity contribution < 1.29 is 14.7 Å². The summed E-state index contributed by atoms with van der Waals surface area (Å²) in [5.41, 5.74) is 5.53. The summed E-state index contributed by atoms with van der Waals surface area (Å²) in [7, 11) is 0. The smallest absolute Gasteiger partial charge is 0.226 e. The number of amidine groups is 1. The van der Waals surface area contributed by atoms with E-state index in [2.05, 4.69) is 12.1 Å². The molecule has 0 radical (unpaired) electrons. The van der Waals surface area contributed by atoms with Gasteiger partial charge < -0.3 is 20.6 Å². The van der Waals surface area contributed by atoms with E-state index >= 15 is 0 Å². The zero-order chi connectivity index (χ0) is 13.1. The Labute approximate surface area is 107 Å². The van der Waals surface area contributed by atoms with Crippen molar-refractivity contribution in [1.82, 2.24) is 4.90 Å². The summed E-state index contributed by atoms with van der Waals surface area (Å²) in [4.78, 5) is 14.2. The quantitative estimate of drug-likeness (QED) is 0.323. The number of carbonyl (C=O) groups excluding carboxylic acids is 1. The van der Waals surface area contributed by atoms with Gasteiger partial charge in [-0.3, -0.25) is 4.79 Å². The number of carbonyl (C=O) groups is 1. The molecular weight excluding hydrogens is 234 g/mol. The maximum absolute atomic E-state index is 12.4. The number of hydrogen-bond acceptors (Lipinski definition) is 4. The van der Waals surface area contributed by atoms with E-state index in [1.165, 1.54) is 0 Å². The van der Waals surface area contributed by atoms with Gasteiger partial charge in [0.15, 0.2) is 5.84 Å². The molecule has 2 aliphatic rings. The van der Waals surface area contributed by atoms with Crippen LogP contribution in [0.1, 0.15) is 26.2 Å². The normalized spacial score (nSPS) is 33.7. The van der Waals surface area contributed by atoms with Gasteiger partial charge in [0.25, 0.3) is 0 Å². The highest BCUT2D eigenvalue weighted by atomic mass is 16.5. The average molecular weight is 255 g/mol. The van der Waals surface area contributed by atoms with Crippen molar-refractivity contribution >= 4 is 11.7 Å². The van der Waals surface area contributed by atoms with Gasteiger partial charge in [0.2, 0.25) is 5.91 Å². The van der Waals surface area contributed by atoms with E-state index in [1.807, 2.05) is 0 Å². The maximum Gasteiger partial charge on any atom is 0.226 e. The highest BCUT2D eigenvalue weighted by Gasteiger charge is 2.35. The minimum Gasteiger partial charge on any atom is -0.409 e. The number of hydrogen-bond donors (Lipinski definition) is 2. The monoisotopic (exact) mass is 255 g/mol. The molecular formula is C12H21N3O3. The van der Waals surface area contributed by atoms with Crippen LogP contribution < -0.4 is 5.73 Å². The first-order valence-corrected chi connectivity index (χ1v) is 6.51. The molecule has 0 aromatic heterocycles. The first-order chi connectivity index (χ1) is 8.63. The Balaban J connectivity index is 1.98. The third kappa shape index (κ3) is 2.58. The Morgan fingerprint density at radius 2 is 2.28 bits per heavy atom. The number of rotatable bonds is 2. The highest BCUT2D eigenvalue weighted by Crippen LogP contribution is 2.32. The van der Waals surface area contributed by atoms with E-state index < -0.39 is 6.10 Å². The van der Waals surface area contributed by atoms with Gasteiger partial charge in [0, 0.05) is 12.5 Å². The molecule has 0 spiro atoms. The van der Waals surface area contributed by atoms with Crippen LogP contribution >= 0.6 is 0 Å². The summed E-state index contributed by atoms with van der Waals surface area (Å²) >= 11 is 0. The fraction of sp³-hybridized carbons (Fsp3) is 0.833. The lowest BCUT2D eigenvalue weighted by atomic mass is 9.96. The Kier molecular flexibility index (Phi) is 4.06. The van der Waals surface area contributed by atoms with Gasteiger partial charge in [0.05, 0.1) is 13.2 Å². The molecule has 3 N–H and O–H groups in total. The van der Waals surface area contributed by atoms with Crippen LogP contribution in [0, 0.1) is 11.8 Å². The lowest BCUT2D eigenvalue weighted by Crippen LogP contribution is -2.52. The molecule has 2 rings (SSSR count). The summed E-state index contributed by atoms with van der Waals surface area (Å²) in [5, 5.41) is 11.6. The molecule has 3 unspecified atom stereocenters. The Bertz CT molecular complexity index is 345. The molecule has 0 aromatic rings. The van der Waals surface area contributed by atoms with Gasteiger partial charge in [-0.2, -0.15) is 0 Å². The molecule has 1 saturated heterocycles. The van der Waals surface area contributed by atoms with Crippen molar-refractivity contribution in [3.63, 3.8) is 0 Å². The molecule has 0 bridgehead atoms. The number of morpholine rings is 1. The van der Waals surface area contributed by atoms with Crippen LogP contribution in [-0.2, 0) is 9.53 Å². The molecule has 0 aromatic carbocycles. The number of amides is 1. The molecule has 3 atom stereocenters. The summed E-state index contributed by atoms with van der Waals surface area (Å²) in [5.74, 6) is 0.824. The average Bonchev–Trinajstić information content (AvgIpc) is 2.83. The van der Waals surface area contributed by atoms with Crippen molar-refractivity contribution in [2.75, 3.05) is 19.7 Å². The van der Waals surface area contributed by atoms with Crippen molar-refractivity contribution in [1.29, 1.82) is 0 Å². The molecule has 1 heterocycles. The zero-order valence-corrected chi connectivity index (χ0v) is 10.7. The minimum atomic E-state index is -0.482. The van der Waals surface area contributed by atoms with E-state index in [9.17, 15) is 4.79 Å². The first-order valence-electron chi connectivity index (χ1n) is 6.51. The summed E-state index contributed by atoms with van der Waals surface area (Å²) in [6.45, 7) is 3.56. The number of nitrogens with zero attached hydrogens (tertiary/aromatic N) is 2. The Morgan fingerprint density at radius 3 is 2.89 bits per heavy atom. The molecule has 6 heteroatoms. The van der Waals surface area contributed by atoms with Crippen molar-refractivity contribution in [2.45, 2.75) is 32.3 Å². The molecule has 18 heavy (non-hydrogen) atoms. The summed E-state index contributed by atoms with van der Waals surface area (Å²) < 4.78 is 5.39. The third-order valence-corrected chi connectivity index (χ3v) is 4.00. The topological polar surface area (TPSA) is 88.2 Å². The molecule has 2 fully saturated rings. The van der Waals surface area contributed by atoms with Crippen molar-refractivity contribution in [2.24, 2.45) is 22.7 Å². The number of oxime groups is 1. The van der Waals surface area contributed by atoms with E-state index in [1.54, 1.807) is 4.90 Å². The molecule has 1 saturated carbocycles. The van der Waals surface area contributed by atoms with Crippen molar-refractivity contribution in [3.8, 4) is 0 Å². The minimum absolute atomic E-state index is 0.0342. The predicted octanol–water partition coefficient (Wildman–Crippen LogP) is 0.396. The SMILES string of the molecule is CC1CCCC1C(=O)N1CCOC(C(N)=NO)C1. The lowest BCUT2D eigenvalue weighted by molar-refractivity contribution is -0.142. The molecule has 6 nitrogen and oxygen atoms in total. The van der Waals surface area contributed by atoms with Gasteiger partial charge in [0.1, 0.15) is 6.10 Å². The van der Waals surface area contributed by atoms with Crippen LogP contribution in [0.5, 0.6) is 0 Å².